The molecular formula is C20H21Al. The van der Waals surface area contributed by atoms with Crippen LogP contribution in [0.2, 0.25) is 0 Å². The third-order valence-corrected chi connectivity index (χ3v) is 4.05. The molecule has 3 aromatic carbocycles. The topological polar surface area (TPSA) is 0 Å². The molecule has 0 N–H and O–H groups in total. The van der Waals surface area contributed by atoms with Crippen LogP contribution in [0.15, 0.2) is 91.0 Å². The van der Waals surface area contributed by atoms with Crippen molar-refractivity contribution in [1.82, 2.24) is 0 Å². The highest BCUT2D eigenvalue weighted by Gasteiger charge is 2.30. The molecule has 0 amide bonds. The number of benzene rings is 3. The van der Waals surface area contributed by atoms with Crippen molar-refractivity contribution in [3.05, 3.63) is 108 Å². The summed E-state index contributed by atoms with van der Waals surface area (Å²) in [6, 6.07) is 32.1. The summed E-state index contributed by atoms with van der Waals surface area (Å²) in [5.41, 5.74) is 3.83. The molecule has 0 aliphatic rings. The van der Waals surface area contributed by atoms with Crippen molar-refractivity contribution in [3.8, 4) is 0 Å². The Balaban J connectivity index is 0.00000161. The van der Waals surface area contributed by atoms with E-state index in [9.17, 15) is 0 Å². The van der Waals surface area contributed by atoms with Gasteiger partial charge in [0.15, 0.2) is 17.4 Å². The van der Waals surface area contributed by atoms with Crippen LogP contribution in [-0.2, 0) is 5.41 Å². The summed E-state index contributed by atoms with van der Waals surface area (Å²) in [7, 11) is 0. The number of hydrogen-bond acceptors (Lipinski definition) is 0. The van der Waals surface area contributed by atoms with Gasteiger partial charge in [0, 0.05) is 5.41 Å². The molecule has 3 rings (SSSR count). The summed E-state index contributed by atoms with van der Waals surface area (Å²) >= 11 is 0. The molecule has 0 fully saturated rings. The molecule has 0 aliphatic carbocycles. The zero-order valence-corrected chi connectivity index (χ0v) is 11.7. The lowest BCUT2D eigenvalue weighted by molar-refractivity contribution is 0.692. The molecule has 0 saturated heterocycles. The number of hydrogen-bond donors (Lipinski definition) is 0. The summed E-state index contributed by atoms with van der Waals surface area (Å²) in [5, 5.41) is 0. The molecule has 0 nitrogen and oxygen atoms in total. The van der Waals surface area contributed by atoms with Crippen LogP contribution in [0, 0.1) is 0 Å². The van der Waals surface area contributed by atoms with Crippen molar-refractivity contribution in [2.75, 3.05) is 0 Å². The summed E-state index contributed by atoms with van der Waals surface area (Å²) in [6.07, 6.45) is 0. The maximum absolute atomic E-state index is 2.30. The van der Waals surface area contributed by atoms with E-state index in [0.717, 1.165) is 0 Å². The van der Waals surface area contributed by atoms with Gasteiger partial charge in [-0.25, -0.2) is 0 Å². The second-order valence-corrected chi connectivity index (χ2v) is 5.22. The molecule has 21 heavy (non-hydrogen) atoms. The highest BCUT2D eigenvalue weighted by molar-refractivity contribution is 5.75. The van der Waals surface area contributed by atoms with Crippen molar-refractivity contribution < 1.29 is 0 Å². The Bertz CT molecular complexity index is 563. The van der Waals surface area contributed by atoms with Gasteiger partial charge in [0.05, 0.1) is 0 Å². The van der Waals surface area contributed by atoms with Crippen molar-refractivity contribution in [2.45, 2.75) is 12.3 Å². The average molecular weight is 288 g/mol. The van der Waals surface area contributed by atoms with Crippen LogP contribution in [0.4, 0.5) is 0 Å². The molecule has 0 spiro atoms. The molecule has 0 aliphatic heterocycles. The lowest BCUT2D eigenvalue weighted by Gasteiger charge is -2.31. The zero-order valence-electron chi connectivity index (χ0n) is 11.7. The SMILES string of the molecule is CC(c1ccccc1)(c1ccccc1)c1ccccc1.[AlH3]. The summed E-state index contributed by atoms with van der Waals surface area (Å²) in [4.78, 5) is 0. The molecule has 0 unspecified atom stereocenters. The van der Waals surface area contributed by atoms with E-state index in [1.54, 1.807) is 0 Å². The van der Waals surface area contributed by atoms with Gasteiger partial charge < -0.3 is 0 Å². The van der Waals surface area contributed by atoms with Gasteiger partial charge in [-0.2, -0.15) is 0 Å². The fraction of sp³-hybridized carbons (Fsp3) is 0.100. The predicted octanol–water partition coefficient (Wildman–Crippen LogP) is 3.86. The first-order valence-electron chi connectivity index (χ1n) is 6.98. The lowest BCUT2D eigenvalue weighted by Crippen LogP contribution is -2.25. The van der Waals surface area contributed by atoms with Crippen molar-refractivity contribution >= 4 is 17.4 Å². The lowest BCUT2D eigenvalue weighted by atomic mass is 9.71. The first-order chi connectivity index (χ1) is 9.82. The van der Waals surface area contributed by atoms with Crippen molar-refractivity contribution in [3.63, 3.8) is 0 Å². The number of rotatable bonds is 3. The van der Waals surface area contributed by atoms with Crippen LogP contribution in [0.1, 0.15) is 23.6 Å². The molecule has 0 saturated carbocycles. The minimum atomic E-state index is -0.121. The highest BCUT2D eigenvalue weighted by Crippen LogP contribution is 2.38. The Morgan fingerprint density at radius 3 is 0.952 bits per heavy atom. The minimum absolute atomic E-state index is 0. The quantitative estimate of drug-likeness (QED) is 0.507. The fourth-order valence-electron chi connectivity index (χ4n) is 2.81. The summed E-state index contributed by atoms with van der Waals surface area (Å²) in [5.74, 6) is 0. The van der Waals surface area contributed by atoms with Gasteiger partial charge in [-0.15, -0.1) is 0 Å². The van der Waals surface area contributed by atoms with Gasteiger partial charge in [0.2, 0.25) is 0 Å². The van der Waals surface area contributed by atoms with Crippen LogP contribution in [0.25, 0.3) is 0 Å². The Hall–Kier alpha value is -1.81. The van der Waals surface area contributed by atoms with E-state index < -0.39 is 0 Å². The van der Waals surface area contributed by atoms with E-state index in [0.29, 0.717) is 0 Å². The molecule has 0 bridgehead atoms. The van der Waals surface area contributed by atoms with Crippen molar-refractivity contribution in [2.24, 2.45) is 0 Å². The monoisotopic (exact) mass is 288 g/mol. The van der Waals surface area contributed by atoms with E-state index in [-0.39, 0.29) is 22.8 Å². The van der Waals surface area contributed by atoms with E-state index in [1.165, 1.54) is 16.7 Å². The normalized spacial score (nSPS) is 10.7. The van der Waals surface area contributed by atoms with Crippen LogP contribution in [-0.4, -0.2) is 17.4 Å². The Morgan fingerprint density at radius 2 is 0.714 bits per heavy atom. The van der Waals surface area contributed by atoms with Gasteiger partial charge in [-0.3, -0.25) is 0 Å². The Kier molecular flexibility index (Phi) is 5.02. The largest absolute Gasteiger partial charge is 0.187 e. The Morgan fingerprint density at radius 1 is 0.476 bits per heavy atom. The summed E-state index contributed by atoms with van der Waals surface area (Å²) < 4.78 is 0. The van der Waals surface area contributed by atoms with E-state index in [1.807, 2.05) is 0 Å². The average Bonchev–Trinajstić information content (AvgIpc) is 2.56. The maximum atomic E-state index is 2.30. The smallest absolute Gasteiger partial charge is 0.0622 e. The van der Waals surface area contributed by atoms with E-state index in [2.05, 4.69) is 97.9 Å². The van der Waals surface area contributed by atoms with E-state index in [4.69, 9.17) is 0 Å². The molecule has 1 heteroatoms. The predicted molar refractivity (Wildman–Crippen MR) is 94.8 cm³/mol. The molecule has 104 valence electrons. The molecule has 0 aromatic heterocycles. The zero-order chi connectivity index (χ0) is 13.8. The standard InChI is InChI=1S/C20H18.Al.3H/c1-20(17-11-5-2-6-12-17,18-13-7-3-8-14-18)19-15-9-4-10-16-19;;;;/h2-16H,1H3;;;;. The third-order valence-electron chi connectivity index (χ3n) is 4.05. The van der Waals surface area contributed by atoms with Gasteiger partial charge >= 0.3 is 0 Å². The third kappa shape index (κ3) is 2.95. The van der Waals surface area contributed by atoms with Crippen LogP contribution < -0.4 is 0 Å². The first-order valence-corrected chi connectivity index (χ1v) is 6.98. The molecule has 0 heterocycles. The van der Waals surface area contributed by atoms with Gasteiger partial charge in [0.1, 0.15) is 0 Å². The second-order valence-electron chi connectivity index (χ2n) is 5.22. The second kappa shape index (κ2) is 6.77. The van der Waals surface area contributed by atoms with Gasteiger partial charge in [0.25, 0.3) is 0 Å². The summed E-state index contributed by atoms with van der Waals surface area (Å²) in [6.45, 7) is 2.30. The fourth-order valence-corrected chi connectivity index (χ4v) is 2.81. The molecule has 0 atom stereocenters. The van der Waals surface area contributed by atoms with Crippen LogP contribution in [0.5, 0.6) is 0 Å². The van der Waals surface area contributed by atoms with E-state index >= 15 is 0 Å². The molecule has 3 aromatic rings. The first kappa shape index (κ1) is 15.6. The molecular weight excluding hydrogens is 267 g/mol. The van der Waals surface area contributed by atoms with Gasteiger partial charge in [-0.05, 0) is 23.6 Å². The van der Waals surface area contributed by atoms with Crippen LogP contribution >= 0.6 is 0 Å². The van der Waals surface area contributed by atoms with Crippen LogP contribution in [0.3, 0.4) is 0 Å². The minimum Gasteiger partial charge on any atom is -0.0622 e. The highest BCUT2D eigenvalue weighted by atomic mass is 27.0. The maximum Gasteiger partial charge on any atom is 0.187 e. The van der Waals surface area contributed by atoms with Crippen molar-refractivity contribution in [1.29, 1.82) is 0 Å². The Labute approximate surface area is 137 Å². The molecule has 0 radical (unpaired) electrons. The van der Waals surface area contributed by atoms with Gasteiger partial charge in [-0.1, -0.05) is 91.0 Å².